The van der Waals surface area contributed by atoms with Crippen molar-refractivity contribution in [1.82, 2.24) is 9.97 Å². The Balaban J connectivity index is 2.00. The van der Waals surface area contributed by atoms with Crippen LogP contribution in [-0.4, -0.2) is 41.0 Å². The Hall–Kier alpha value is -3.11. The molecule has 0 saturated carbocycles. The zero-order valence-electron chi connectivity index (χ0n) is 19.7. The summed E-state index contributed by atoms with van der Waals surface area (Å²) in [6.07, 6.45) is 0. The monoisotopic (exact) mass is 478 g/mol. The molecule has 4 N–H and O–H groups in total. The van der Waals surface area contributed by atoms with Gasteiger partial charge in [-0.05, 0) is 57.5 Å². The maximum atomic E-state index is 14.8. The van der Waals surface area contributed by atoms with Crippen molar-refractivity contribution in [2.75, 3.05) is 31.4 Å². The van der Waals surface area contributed by atoms with Crippen LogP contribution < -0.4 is 15.8 Å². The first-order valence-electron chi connectivity index (χ1n) is 10.7. The van der Waals surface area contributed by atoms with E-state index in [1.54, 1.807) is 19.9 Å². The van der Waals surface area contributed by atoms with E-state index in [-0.39, 0.29) is 24.7 Å². The zero-order valence-corrected chi connectivity index (χ0v) is 19.7. The molecule has 0 amide bonds. The number of methoxy groups -OCH3 is 1. The van der Waals surface area contributed by atoms with E-state index in [0.29, 0.717) is 28.1 Å². The summed E-state index contributed by atoms with van der Waals surface area (Å²) < 4.78 is 54.4. The van der Waals surface area contributed by atoms with E-state index in [4.69, 9.17) is 15.2 Å². The highest BCUT2D eigenvalue weighted by atomic mass is 19.3. The van der Waals surface area contributed by atoms with E-state index in [1.165, 1.54) is 25.3 Å². The average molecular weight is 479 g/mol. The van der Waals surface area contributed by atoms with Gasteiger partial charge in [-0.3, -0.25) is 0 Å². The van der Waals surface area contributed by atoms with Crippen molar-refractivity contribution in [1.29, 1.82) is 0 Å². The molecule has 34 heavy (non-hydrogen) atoms. The molecule has 0 radical (unpaired) electrons. The molecular formula is C24H29F3N4O3. The number of fused-ring (bicyclic) bond motifs is 1. The van der Waals surface area contributed by atoms with Crippen LogP contribution in [0.5, 0.6) is 5.75 Å². The van der Waals surface area contributed by atoms with Crippen molar-refractivity contribution in [3.8, 4) is 5.75 Å². The molecular weight excluding hydrogens is 449 g/mol. The normalized spacial score (nSPS) is 13.2. The Morgan fingerprint density at radius 1 is 1.12 bits per heavy atom. The Labute approximate surface area is 196 Å². The molecule has 0 aliphatic carbocycles. The van der Waals surface area contributed by atoms with Gasteiger partial charge in [0.25, 0.3) is 0 Å². The van der Waals surface area contributed by atoms with Crippen molar-refractivity contribution in [2.24, 2.45) is 0 Å². The van der Waals surface area contributed by atoms with Gasteiger partial charge in [-0.2, -0.15) is 8.78 Å². The number of aliphatic hydroxyl groups is 1. The van der Waals surface area contributed by atoms with E-state index in [9.17, 15) is 18.3 Å². The van der Waals surface area contributed by atoms with Crippen molar-refractivity contribution < 1.29 is 27.8 Å². The third-order valence-corrected chi connectivity index (χ3v) is 5.37. The number of aromatic nitrogens is 2. The lowest BCUT2D eigenvalue weighted by Gasteiger charge is -2.30. The minimum Gasteiger partial charge on any atom is -0.488 e. The van der Waals surface area contributed by atoms with Crippen LogP contribution in [0.15, 0.2) is 30.3 Å². The van der Waals surface area contributed by atoms with Crippen molar-refractivity contribution in [2.45, 2.75) is 45.3 Å². The minimum atomic E-state index is -3.53. The molecule has 0 saturated heterocycles. The molecule has 0 aliphatic rings. The second-order valence-corrected chi connectivity index (χ2v) is 8.65. The summed E-state index contributed by atoms with van der Waals surface area (Å²) in [4.78, 5) is 8.71. The lowest BCUT2D eigenvalue weighted by atomic mass is 9.91. The number of hydrogen-bond donors (Lipinski definition) is 3. The van der Waals surface area contributed by atoms with Gasteiger partial charge in [0.1, 0.15) is 23.9 Å². The summed E-state index contributed by atoms with van der Waals surface area (Å²) >= 11 is 0. The number of anilines is 2. The molecule has 3 aromatic rings. The summed E-state index contributed by atoms with van der Waals surface area (Å²) in [7, 11) is 1.51. The van der Waals surface area contributed by atoms with Gasteiger partial charge in [0, 0.05) is 29.8 Å². The molecule has 1 aromatic heterocycles. The lowest BCUT2D eigenvalue weighted by Crippen LogP contribution is -2.40. The van der Waals surface area contributed by atoms with Gasteiger partial charge < -0.3 is 25.6 Å². The van der Waals surface area contributed by atoms with Gasteiger partial charge >= 0.3 is 5.92 Å². The van der Waals surface area contributed by atoms with Crippen LogP contribution in [0.3, 0.4) is 0 Å². The van der Waals surface area contributed by atoms with Gasteiger partial charge in [-0.25, -0.2) is 14.4 Å². The second-order valence-electron chi connectivity index (χ2n) is 8.65. The molecule has 2 aromatic carbocycles. The largest absolute Gasteiger partial charge is 0.488 e. The smallest absolute Gasteiger partial charge is 0.300 e. The average Bonchev–Trinajstić information content (AvgIpc) is 2.73. The summed E-state index contributed by atoms with van der Waals surface area (Å²) in [5, 5.41) is 13.6. The number of alkyl halides is 2. The summed E-state index contributed by atoms with van der Waals surface area (Å²) in [6, 6.07) is 6.23. The molecule has 0 spiro atoms. The predicted octanol–water partition coefficient (Wildman–Crippen LogP) is 4.72. The van der Waals surface area contributed by atoms with E-state index >= 15 is 0 Å². The van der Waals surface area contributed by atoms with Gasteiger partial charge in [0.05, 0.1) is 18.2 Å². The fraction of sp³-hybridized carbons (Fsp3) is 0.417. The van der Waals surface area contributed by atoms with Crippen LogP contribution in [-0.2, 0) is 10.7 Å². The third-order valence-electron chi connectivity index (χ3n) is 5.37. The molecule has 7 nitrogen and oxygen atoms in total. The van der Waals surface area contributed by atoms with Crippen LogP contribution in [0.25, 0.3) is 10.9 Å². The van der Waals surface area contributed by atoms with Gasteiger partial charge in [0.2, 0.25) is 0 Å². The Bertz CT molecular complexity index is 1180. The topological polar surface area (TPSA) is 103 Å². The Morgan fingerprint density at radius 3 is 2.47 bits per heavy atom. The number of nitrogens with zero attached hydrogens (tertiary/aromatic N) is 2. The summed E-state index contributed by atoms with van der Waals surface area (Å²) in [5.74, 6) is -3.30. The van der Waals surface area contributed by atoms with Crippen LogP contribution in [0, 0.1) is 12.7 Å². The first kappa shape index (κ1) is 25.5. The van der Waals surface area contributed by atoms with Crippen LogP contribution in [0.4, 0.5) is 24.7 Å². The van der Waals surface area contributed by atoms with Crippen LogP contribution in [0.2, 0.25) is 0 Å². The van der Waals surface area contributed by atoms with E-state index in [2.05, 4.69) is 15.3 Å². The molecule has 1 atom stereocenters. The number of aryl methyl sites for hydroxylation is 1. The minimum absolute atomic E-state index is 0.0174. The predicted molar refractivity (Wildman–Crippen MR) is 125 cm³/mol. The third kappa shape index (κ3) is 5.34. The summed E-state index contributed by atoms with van der Waals surface area (Å²) in [5.41, 5.74) is 4.17. The van der Waals surface area contributed by atoms with Gasteiger partial charge in [-0.15, -0.1) is 0 Å². The molecule has 0 bridgehead atoms. The van der Waals surface area contributed by atoms with Crippen LogP contribution in [0.1, 0.15) is 43.8 Å². The van der Waals surface area contributed by atoms with E-state index in [1.807, 2.05) is 0 Å². The highest BCUT2D eigenvalue weighted by Crippen LogP contribution is 2.40. The molecule has 0 unspecified atom stereocenters. The number of hydrogen-bond acceptors (Lipinski definition) is 7. The SMILES string of the molecule is COCCOc1cc2c(N[C@H](C)c3cc(N)cc(C(F)(F)C(C)(C)O)c3)nc(C)nc2cc1F. The number of benzene rings is 2. The Kier molecular flexibility index (Phi) is 7.23. The highest BCUT2D eigenvalue weighted by molar-refractivity contribution is 5.90. The quantitative estimate of drug-likeness (QED) is 0.302. The number of nitrogen functional groups attached to an aromatic ring is 1. The maximum Gasteiger partial charge on any atom is 0.300 e. The molecule has 3 rings (SSSR count). The number of nitrogens with one attached hydrogen (secondary N) is 1. The van der Waals surface area contributed by atoms with E-state index < -0.39 is 28.9 Å². The van der Waals surface area contributed by atoms with Gasteiger partial charge in [-0.1, -0.05) is 0 Å². The fourth-order valence-corrected chi connectivity index (χ4v) is 3.45. The summed E-state index contributed by atoms with van der Waals surface area (Å²) in [6.45, 7) is 5.95. The molecule has 1 heterocycles. The standard InChI is InChI=1S/C24H29F3N4O3/c1-13(15-8-16(10-17(28)9-15)24(26,27)23(3,4)32)29-22-18-11-21(34-7-6-33-5)19(25)12-20(18)30-14(2)31-22/h8-13,32H,6-7,28H2,1-5H3,(H,29,30,31)/t13-/m1/s1. The maximum absolute atomic E-state index is 14.8. The first-order chi connectivity index (χ1) is 15.8. The number of ether oxygens (including phenoxy) is 2. The highest BCUT2D eigenvalue weighted by Gasteiger charge is 2.47. The van der Waals surface area contributed by atoms with Crippen molar-refractivity contribution in [3.05, 3.63) is 53.1 Å². The number of rotatable bonds is 9. The molecule has 0 fully saturated rings. The van der Waals surface area contributed by atoms with E-state index in [0.717, 1.165) is 19.9 Å². The zero-order chi connectivity index (χ0) is 25.3. The van der Waals surface area contributed by atoms with Gasteiger partial charge in [0.15, 0.2) is 11.6 Å². The number of nitrogens with two attached hydrogens (primary N) is 1. The van der Waals surface area contributed by atoms with Crippen molar-refractivity contribution >= 4 is 22.4 Å². The first-order valence-corrected chi connectivity index (χ1v) is 10.7. The van der Waals surface area contributed by atoms with Crippen LogP contribution >= 0.6 is 0 Å². The molecule has 0 aliphatic heterocycles. The second kappa shape index (κ2) is 9.63. The fourth-order valence-electron chi connectivity index (χ4n) is 3.45. The molecule has 10 heteroatoms. The lowest BCUT2D eigenvalue weighted by molar-refractivity contribution is -0.168. The van der Waals surface area contributed by atoms with Crippen molar-refractivity contribution in [3.63, 3.8) is 0 Å². The molecule has 184 valence electrons. The Morgan fingerprint density at radius 2 is 1.82 bits per heavy atom. The number of halogens is 3.